The molecule has 0 aliphatic heterocycles. The first kappa shape index (κ1) is 108. The van der Waals surface area contributed by atoms with Gasteiger partial charge in [-0.2, -0.15) is 0 Å². The van der Waals surface area contributed by atoms with E-state index in [0.29, 0.717) is 58.1 Å². The Morgan fingerprint density at radius 1 is 0.201 bits per heavy atom. The fourth-order valence-corrected chi connectivity index (χ4v) is 20.9. The van der Waals surface area contributed by atoms with Crippen molar-refractivity contribution in [2.24, 2.45) is 0 Å². The van der Waals surface area contributed by atoms with E-state index in [1.807, 2.05) is 60.7 Å². The maximum absolute atomic E-state index is 15.2. The molecular weight excluding hydrogens is 1630 g/mol. The van der Waals surface area contributed by atoms with Crippen LogP contribution in [0.15, 0.2) is 170 Å². The second-order valence-corrected chi connectivity index (χ2v) is 40.4. The third-order valence-electron chi connectivity index (χ3n) is 29.1. The first-order valence-electron chi connectivity index (χ1n) is 56.3. The average Bonchev–Trinajstić information content (AvgIpc) is 0.717. The Bertz CT molecular complexity index is 4270. The lowest BCUT2D eigenvalue weighted by Gasteiger charge is -2.25. The molecule has 1 aliphatic carbocycles. The number of unbranched alkanes of at least 4 members (excludes halogenated alkanes) is 54. The highest BCUT2D eigenvalue weighted by Gasteiger charge is 2.38. The van der Waals surface area contributed by atoms with Crippen molar-refractivity contribution in [1.82, 2.24) is 0 Å². The summed E-state index contributed by atoms with van der Waals surface area (Å²) in [6, 6.07) is 58.2. The molecule has 0 aromatic heterocycles. The van der Waals surface area contributed by atoms with Gasteiger partial charge in [0.15, 0.2) is 11.6 Å². The minimum absolute atomic E-state index is 0.197. The maximum Gasteiger partial charge on any atom is 0.198 e. The number of ether oxygens (including phenoxy) is 4. The summed E-state index contributed by atoms with van der Waals surface area (Å²) in [5.41, 5.74) is 17.5. The zero-order valence-electron chi connectivity index (χ0n) is 85.7. The molecule has 0 heterocycles. The molecule has 0 atom stereocenters. The number of hydrogen-bond donors (Lipinski definition) is 0. The molecule has 6 heteroatoms. The highest BCUT2D eigenvalue weighted by atomic mass is 16.5. The number of carbonyl (C=O) groups is 2. The molecule has 1 aliphatic rings. The van der Waals surface area contributed by atoms with Crippen molar-refractivity contribution >= 4 is 22.3 Å². The molecule has 134 heavy (non-hydrogen) atoms. The molecule has 0 amide bonds. The quantitative estimate of drug-likeness (QED) is 0.0354. The Morgan fingerprint density at radius 2 is 0.396 bits per heavy atom. The number of hydrogen-bond acceptors (Lipinski definition) is 6. The van der Waals surface area contributed by atoms with E-state index in [0.717, 1.165) is 59.4 Å². The van der Waals surface area contributed by atoms with Gasteiger partial charge in [-0.3, -0.25) is 9.59 Å². The van der Waals surface area contributed by atoms with Crippen molar-refractivity contribution < 1.29 is 28.5 Å². The first-order chi connectivity index (χ1) is 66.2. The predicted octanol–water partition coefficient (Wildman–Crippen LogP) is 40.5. The lowest BCUT2D eigenvalue weighted by molar-refractivity contribution is 0.0975. The van der Waals surface area contributed by atoms with E-state index in [4.69, 9.17) is 18.9 Å². The minimum Gasteiger partial charge on any atom is -0.489 e. The summed E-state index contributed by atoms with van der Waals surface area (Å²) in [5.74, 6) is 2.90. The van der Waals surface area contributed by atoms with E-state index >= 15 is 9.59 Å². The van der Waals surface area contributed by atoms with Crippen LogP contribution in [0.4, 0.5) is 0 Å². The Kier molecular flexibility index (Phi) is 53.4. The van der Waals surface area contributed by atoms with Crippen LogP contribution in [0.25, 0.3) is 33.0 Å². The first-order valence-corrected chi connectivity index (χ1v) is 56.3. The zero-order valence-corrected chi connectivity index (χ0v) is 85.7. The second-order valence-electron chi connectivity index (χ2n) is 40.4. The third-order valence-corrected chi connectivity index (χ3v) is 29.1. The van der Waals surface area contributed by atoms with Gasteiger partial charge in [0.2, 0.25) is 0 Å². The molecule has 0 unspecified atom stereocenters. The van der Waals surface area contributed by atoms with Gasteiger partial charge in [-0.05, 0) is 192 Å². The van der Waals surface area contributed by atoms with Crippen LogP contribution in [0.3, 0.4) is 0 Å². The topological polar surface area (TPSA) is 71.1 Å². The monoisotopic (exact) mass is 1820 g/mol. The maximum atomic E-state index is 15.2. The smallest absolute Gasteiger partial charge is 0.198 e. The fraction of sp³-hybridized carbons (Fsp3) is 0.578. The van der Waals surface area contributed by atoms with Gasteiger partial charge in [-0.1, -0.05) is 510 Å². The summed E-state index contributed by atoms with van der Waals surface area (Å²) in [7, 11) is 0. The van der Waals surface area contributed by atoms with Crippen molar-refractivity contribution in [2.75, 3.05) is 0 Å². The zero-order chi connectivity index (χ0) is 93.7. The summed E-state index contributed by atoms with van der Waals surface area (Å²) in [6.45, 7) is 15.0. The average molecular weight is 1820 g/mol. The van der Waals surface area contributed by atoms with Gasteiger partial charge in [0.25, 0.3) is 0 Å². The molecule has 0 saturated carbocycles. The van der Waals surface area contributed by atoms with Gasteiger partial charge in [-0.25, -0.2) is 0 Å². The van der Waals surface area contributed by atoms with Gasteiger partial charge < -0.3 is 18.9 Å². The number of ketones is 2. The van der Waals surface area contributed by atoms with Gasteiger partial charge >= 0.3 is 0 Å². The summed E-state index contributed by atoms with van der Waals surface area (Å²) >= 11 is 0. The highest BCUT2D eigenvalue weighted by Crippen LogP contribution is 2.49. The molecule has 10 rings (SSSR count). The van der Waals surface area contributed by atoms with Crippen LogP contribution in [0.5, 0.6) is 34.5 Å². The molecule has 0 bridgehead atoms. The van der Waals surface area contributed by atoms with E-state index in [1.165, 1.54) is 409 Å². The van der Waals surface area contributed by atoms with E-state index in [9.17, 15) is 0 Å². The minimum atomic E-state index is -0.282. The molecule has 9 aromatic rings. The normalized spacial score (nSPS) is 11.9. The molecule has 0 spiro atoms. The fourth-order valence-electron chi connectivity index (χ4n) is 20.9. The molecule has 0 N–H and O–H groups in total. The lowest BCUT2D eigenvalue weighted by atomic mass is 9.81. The Hall–Kier alpha value is -8.22. The Balaban J connectivity index is 0.813. The van der Waals surface area contributed by atoms with Crippen LogP contribution in [0, 0.1) is 0 Å². The molecule has 6 nitrogen and oxygen atoms in total. The second kappa shape index (κ2) is 66.3. The number of fused-ring (bicyclic) bond motifs is 3. The van der Waals surface area contributed by atoms with Crippen molar-refractivity contribution in [3.8, 4) is 56.8 Å². The summed E-state index contributed by atoms with van der Waals surface area (Å²) in [4.78, 5) is 30.4. The molecule has 9 aromatic carbocycles. The molecule has 0 fully saturated rings. The number of aryl methyl sites for hydroxylation is 4. The van der Waals surface area contributed by atoms with E-state index in [2.05, 4.69) is 139 Å². The predicted molar refractivity (Wildman–Crippen MR) is 576 cm³/mol. The van der Waals surface area contributed by atoms with Crippen molar-refractivity contribution in [3.05, 3.63) is 237 Å². The standard InChI is InChI=1S/C128H182O6/c1-7-13-19-25-31-37-43-49-55-61-71-109-97-103(98-110(72-62-56-50-44-38-32-26-20-14-8-2)117(109)75-65-59-53-47-41-35-29-23-17-11-5)101-131-113-89-81-105(82-90-113)107-85-93-115(94-86-107)133-127-121-79-69-70-80-122(121)128(124-123(127)125(129)119-77-67-68-78-120(119)126(124)130)134-116-95-87-108(88-96-116)106-83-91-114(92-84-106)132-102-104-99-111(73-63-57-51-45-39-33-27-21-15-9-3)118(76-66-60-54-48-42-36-30-24-18-12-6)112(100-104)74-64-58-52-46-40-34-28-22-16-10-4/h67-70,77-100H,7-66,71-76,101-102H2,1-6H3. The van der Waals surface area contributed by atoms with Gasteiger partial charge in [0, 0.05) is 21.9 Å². The van der Waals surface area contributed by atoms with Crippen LogP contribution >= 0.6 is 0 Å². The van der Waals surface area contributed by atoms with Crippen molar-refractivity contribution in [3.63, 3.8) is 0 Å². The summed E-state index contributed by atoms with van der Waals surface area (Å²) in [6.07, 6.45) is 88.5. The van der Waals surface area contributed by atoms with Crippen molar-refractivity contribution in [1.29, 1.82) is 0 Å². The molecular formula is C128H182O6. The highest BCUT2D eigenvalue weighted by molar-refractivity contribution is 6.32. The lowest BCUT2D eigenvalue weighted by Crippen LogP contribution is -2.22. The van der Waals surface area contributed by atoms with Crippen LogP contribution < -0.4 is 18.9 Å². The van der Waals surface area contributed by atoms with E-state index in [1.54, 1.807) is 45.5 Å². The Labute approximate surface area is 817 Å². The SMILES string of the molecule is CCCCCCCCCCCCc1cc(COc2ccc(-c3ccc(Oc4c5c(c(Oc6ccc(-c7ccc(OCc8cc(CCCCCCCCCCCC)c(CCCCCCCCCCCC)c(CCCCCCCCCCCC)c8)cc7)cc6)c6ccccc46)C(=O)c4ccccc4C5=O)cc3)cc2)cc(CCCCCCCCCCCC)c1CCCCCCCCCCCC. The van der Waals surface area contributed by atoms with Gasteiger partial charge in [0.05, 0.1) is 11.1 Å². The summed E-state index contributed by atoms with van der Waals surface area (Å²) < 4.78 is 27.5. The Morgan fingerprint density at radius 3 is 0.619 bits per heavy atom. The molecule has 730 valence electrons. The molecule has 0 saturated heterocycles. The van der Waals surface area contributed by atoms with Crippen LogP contribution in [-0.2, 0) is 51.7 Å². The van der Waals surface area contributed by atoms with Crippen LogP contribution in [0.1, 0.15) is 503 Å². The largest absolute Gasteiger partial charge is 0.489 e. The van der Waals surface area contributed by atoms with E-state index < -0.39 is 0 Å². The van der Waals surface area contributed by atoms with Crippen LogP contribution in [0.2, 0.25) is 0 Å². The number of rotatable bonds is 78. The van der Waals surface area contributed by atoms with E-state index in [-0.39, 0.29) is 22.7 Å². The molecule has 0 radical (unpaired) electrons. The summed E-state index contributed by atoms with van der Waals surface area (Å²) in [5, 5.41) is 1.34. The van der Waals surface area contributed by atoms with Crippen LogP contribution in [-0.4, -0.2) is 11.6 Å². The number of carbonyl (C=O) groups excluding carboxylic acids is 2. The number of benzene rings is 9. The van der Waals surface area contributed by atoms with Gasteiger partial charge in [-0.15, -0.1) is 0 Å². The van der Waals surface area contributed by atoms with Gasteiger partial charge in [0.1, 0.15) is 47.7 Å². The van der Waals surface area contributed by atoms with Crippen molar-refractivity contribution in [2.45, 2.75) is 479 Å². The third kappa shape index (κ3) is 38.6.